The summed E-state index contributed by atoms with van der Waals surface area (Å²) in [5.41, 5.74) is 0. The van der Waals surface area contributed by atoms with Crippen molar-refractivity contribution in [3.05, 3.63) is 0 Å². The van der Waals surface area contributed by atoms with Crippen molar-refractivity contribution in [1.82, 2.24) is 10.6 Å². The SMILES string of the molecule is CCCOC1(OC(C)C)CCNC(=O)N1. The molecule has 0 aromatic rings. The van der Waals surface area contributed by atoms with Crippen molar-refractivity contribution in [3.63, 3.8) is 0 Å². The van der Waals surface area contributed by atoms with Crippen molar-refractivity contribution in [2.24, 2.45) is 0 Å². The standard InChI is InChI=1S/C10H20N2O3/c1-4-7-14-10(15-8(2)3)5-6-11-9(13)12-10/h8H,4-7H2,1-3H3,(H2,11,12,13). The van der Waals surface area contributed by atoms with E-state index in [9.17, 15) is 4.79 Å². The molecule has 15 heavy (non-hydrogen) atoms. The molecule has 0 aliphatic carbocycles. The molecule has 1 atom stereocenters. The first kappa shape index (κ1) is 12.3. The number of nitrogens with one attached hydrogen (secondary N) is 2. The van der Waals surface area contributed by atoms with Crippen LogP contribution < -0.4 is 10.6 Å². The van der Waals surface area contributed by atoms with Crippen LogP contribution in [0.5, 0.6) is 0 Å². The van der Waals surface area contributed by atoms with Gasteiger partial charge in [-0.05, 0) is 20.3 Å². The maximum Gasteiger partial charge on any atom is 0.318 e. The fraction of sp³-hybridized carbons (Fsp3) is 0.900. The first-order chi connectivity index (χ1) is 7.08. The van der Waals surface area contributed by atoms with Crippen LogP contribution >= 0.6 is 0 Å². The average Bonchev–Trinajstić information content (AvgIpc) is 2.13. The molecule has 1 saturated heterocycles. The summed E-state index contributed by atoms with van der Waals surface area (Å²) in [5.74, 6) is -0.938. The normalized spacial score (nSPS) is 26.3. The van der Waals surface area contributed by atoms with E-state index < -0.39 is 5.91 Å². The predicted octanol–water partition coefficient (Wildman–Crippen LogP) is 1.19. The number of carbonyl (C=O) groups excluding carboxylic acids is 1. The average molecular weight is 216 g/mol. The molecule has 0 radical (unpaired) electrons. The van der Waals surface area contributed by atoms with Crippen LogP contribution in [0.2, 0.25) is 0 Å². The van der Waals surface area contributed by atoms with E-state index in [0.717, 1.165) is 6.42 Å². The number of urea groups is 1. The molecule has 1 aliphatic rings. The van der Waals surface area contributed by atoms with Gasteiger partial charge in [0.15, 0.2) is 0 Å². The summed E-state index contributed by atoms with van der Waals surface area (Å²) in [6, 6.07) is -0.238. The van der Waals surface area contributed by atoms with E-state index in [-0.39, 0.29) is 12.1 Å². The summed E-state index contributed by atoms with van der Waals surface area (Å²) in [7, 11) is 0. The highest BCUT2D eigenvalue weighted by molar-refractivity contribution is 5.75. The summed E-state index contributed by atoms with van der Waals surface area (Å²) in [6.07, 6.45) is 1.53. The maximum absolute atomic E-state index is 11.2. The number of ether oxygens (including phenoxy) is 2. The molecular weight excluding hydrogens is 196 g/mol. The third-order valence-corrected chi connectivity index (χ3v) is 2.01. The van der Waals surface area contributed by atoms with E-state index in [0.29, 0.717) is 19.6 Å². The minimum atomic E-state index is -0.938. The zero-order valence-corrected chi connectivity index (χ0v) is 9.63. The van der Waals surface area contributed by atoms with Gasteiger partial charge in [-0.15, -0.1) is 0 Å². The summed E-state index contributed by atoms with van der Waals surface area (Å²) >= 11 is 0. The van der Waals surface area contributed by atoms with Crippen molar-refractivity contribution in [2.45, 2.75) is 45.6 Å². The fourth-order valence-electron chi connectivity index (χ4n) is 1.50. The second-order valence-electron chi connectivity index (χ2n) is 3.90. The van der Waals surface area contributed by atoms with Crippen molar-refractivity contribution < 1.29 is 14.3 Å². The van der Waals surface area contributed by atoms with Gasteiger partial charge in [0.1, 0.15) is 0 Å². The molecule has 5 nitrogen and oxygen atoms in total. The first-order valence-electron chi connectivity index (χ1n) is 5.46. The summed E-state index contributed by atoms with van der Waals surface area (Å²) in [5, 5.41) is 5.38. The van der Waals surface area contributed by atoms with Gasteiger partial charge >= 0.3 is 6.03 Å². The van der Waals surface area contributed by atoms with Crippen LogP contribution in [0.25, 0.3) is 0 Å². The zero-order valence-electron chi connectivity index (χ0n) is 9.63. The second kappa shape index (κ2) is 5.32. The Morgan fingerprint density at radius 3 is 2.80 bits per heavy atom. The summed E-state index contributed by atoms with van der Waals surface area (Å²) in [4.78, 5) is 11.2. The topological polar surface area (TPSA) is 59.6 Å². The van der Waals surface area contributed by atoms with Crippen molar-refractivity contribution in [1.29, 1.82) is 0 Å². The quantitative estimate of drug-likeness (QED) is 0.679. The molecule has 1 heterocycles. The van der Waals surface area contributed by atoms with Gasteiger partial charge in [-0.25, -0.2) is 4.79 Å². The number of carbonyl (C=O) groups is 1. The Bertz CT molecular complexity index is 221. The Hall–Kier alpha value is -0.810. The van der Waals surface area contributed by atoms with Crippen LogP contribution in [0.1, 0.15) is 33.6 Å². The van der Waals surface area contributed by atoms with E-state index in [1.165, 1.54) is 0 Å². The Morgan fingerprint density at radius 1 is 1.53 bits per heavy atom. The molecule has 2 amide bonds. The molecular formula is C10H20N2O3. The number of hydrogen-bond acceptors (Lipinski definition) is 3. The number of rotatable bonds is 5. The van der Waals surface area contributed by atoms with E-state index in [1.807, 2.05) is 20.8 Å². The molecule has 1 rings (SSSR count). The lowest BCUT2D eigenvalue weighted by Gasteiger charge is -2.38. The van der Waals surface area contributed by atoms with Crippen LogP contribution in [0, 0.1) is 0 Å². The van der Waals surface area contributed by atoms with Gasteiger partial charge in [0.2, 0.25) is 0 Å². The molecule has 0 bridgehead atoms. The Morgan fingerprint density at radius 2 is 2.27 bits per heavy atom. The van der Waals surface area contributed by atoms with Gasteiger partial charge < -0.3 is 14.8 Å². The van der Waals surface area contributed by atoms with Gasteiger partial charge in [0.05, 0.1) is 12.7 Å². The maximum atomic E-state index is 11.2. The minimum absolute atomic E-state index is 0.0141. The third-order valence-electron chi connectivity index (χ3n) is 2.01. The monoisotopic (exact) mass is 216 g/mol. The highest BCUT2D eigenvalue weighted by atomic mass is 16.7. The lowest BCUT2D eigenvalue weighted by molar-refractivity contribution is -0.271. The van der Waals surface area contributed by atoms with Crippen molar-refractivity contribution >= 4 is 6.03 Å². The third kappa shape index (κ3) is 3.68. The molecule has 5 heteroatoms. The Kier molecular flexibility index (Phi) is 4.35. The molecule has 1 aliphatic heterocycles. The molecule has 1 unspecified atom stereocenters. The predicted molar refractivity (Wildman–Crippen MR) is 56.3 cm³/mol. The molecule has 0 saturated carbocycles. The molecule has 2 N–H and O–H groups in total. The Balaban J connectivity index is 2.61. The first-order valence-corrected chi connectivity index (χ1v) is 5.46. The van der Waals surface area contributed by atoms with Crippen LogP contribution in [0.15, 0.2) is 0 Å². The van der Waals surface area contributed by atoms with Crippen molar-refractivity contribution in [2.75, 3.05) is 13.2 Å². The lowest BCUT2D eigenvalue weighted by Crippen LogP contribution is -2.62. The smallest absolute Gasteiger partial charge is 0.318 e. The van der Waals surface area contributed by atoms with Crippen molar-refractivity contribution in [3.8, 4) is 0 Å². The van der Waals surface area contributed by atoms with Gasteiger partial charge in [-0.1, -0.05) is 6.92 Å². The molecule has 1 fully saturated rings. The largest absolute Gasteiger partial charge is 0.338 e. The lowest BCUT2D eigenvalue weighted by atomic mass is 10.2. The molecule has 0 aromatic heterocycles. The number of hydrogen-bond donors (Lipinski definition) is 2. The van der Waals surface area contributed by atoms with Gasteiger partial charge in [-0.3, -0.25) is 5.32 Å². The van der Waals surface area contributed by atoms with Crippen LogP contribution in [0.3, 0.4) is 0 Å². The van der Waals surface area contributed by atoms with Gasteiger partial charge in [0.25, 0.3) is 5.91 Å². The van der Waals surface area contributed by atoms with Crippen LogP contribution in [-0.4, -0.2) is 31.2 Å². The molecule has 0 spiro atoms. The fourth-order valence-corrected chi connectivity index (χ4v) is 1.50. The Labute approximate surface area is 90.5 Å². The van der Waals surface area contributed by atoms with Gasteiger partial charge in [0, 0.05) is 13.0 Å². The number of amides is 2. The summed E-state index contributed by atoms with van der Waals surface area (Å²) in [6.45, 7) is 7.01. The zero-order chi connectivity index (χ0) is 11.3. The van der Waals surface area contributed by atoms with Crippen LogP contribution in [0.4, 0.5) is 4.79 Å². The van der Waals surface area contributed by atoms with Crippen LogP contribution in [-0.2, 0) is 9.47 Å². The minimum Gasteiger partial charge on any atom is -0.338 e. The second-order valence-corrected chi connectivity index (χ2v) is 3.90. The summed E-state index contributed by atoms with van der Waals surface area (Å²) < 4.78 is 11.3. The molecule has 0 aromatic carbocycles. The highest BCUT2D eigenvalue weighted by Gasteiger charge is 2.37. The molecule has 88 valence electrons. The highest BCUT2D eigenvalue weighted by Crippen LogP contribution is 2.19. The van der Waals surface area contributed by atoms with E-state index in [4.69, 9.17) is 9.47 Å². The van der Waals surface area contributed by atoms with E-state index in [2.05, 4.69) is 10.6 Å². The van der Waals surface area contributed by atoms with E-state index in [1.54, 1.807) is 0 Å². The van der Waals surface area contributed by atoms with E-state index >= 15 is 0 Å². The van der Waals surface area contributed by atoms with Gasteiger partial charge in [-0.2, -0.15) is 0 Å².